The van der Waals surface area contributed by atoms with Gasteiger partial charge in [0.1, 0.15) is 11.9 Å². The average Bonchev–Trinajstić information content (AvgIpc) is 2.66. The molecule has 0 saturated carbocycles. The molecule has 0 spiro atoms. The molecule has 4 nitrogen and oxygen atoms in total. The summed E-state index contributed by atoms with van der Waals surface area (Å²) in [6.07, 6.45) is 1.13. The topological polar surface area (TPSA) is 38.8 Å². The minimum atomic E-state index is -0.289. The van der Waals surface area contributed by atoms with Gasteiger partial charge in [-0.05, 0) is 38.0 Å². The second kappa shape index (κ2) is 8.37. The first kappa shape index (κ1) is 18.5. The Labute approximate surface area is 155 Å². The summed E-state index contributed by atoms with van der Waals surface area (Å²) in [5, 5.41) is 0. The van der Waals surface area contributed by atoms with Crippen molar-refractivity contribution < 1.29 is 14.3 Å². The van der Waals surface area contributed by atoms with Crippen LogP contribution in [0.3, 0.4) is 0 Å². The van der Waals surface area contributed by atoms with Crippen LogP contribution >= 0.6 is 0 Å². The summed E-state index contributed by atoms with van der Waals surface area (Å²) in [6, 6.07) is 19.8. The third-order valence-corrected chi connectivity index (χ3v) is 4.74. The normalized spacial score (nSPS) is 19.2. The van der Waals surface area contributed by atoms with E-state index in [-0.39, 0.29) is 17.6 Å². The van der Waals surface area contributed by atoms with E-state index in [1.54, 1.807) is 0 Å². The Hall–Kier alpha value is -2.33. The number of hydrogen-bond acceptors (Lipinski definition) is 3. The number of hydrogen-bond donors (Lipinski definition) is 0. The second-order valence-electron chi connectivity index (χ2n) is 7.29. The van der Waals surface area contributed by atoms with Gasteiger partial charge in [-0.25, -0.2) is 0 Å². The third kappa shape index (κ3) is 4.64. The van der Waals surface area contributed by atoms with E-state index in [0.29, 0.717) is 32.6 Å². The van der Waals surface area contributed by atoms with Gasteiger partial charge in [0.25, 0.3) is 0 Å². The number of rotatable bonds is 6. The standard InChI is InChI=1S/C22H27NO3/c1-22(2)17-26-20(18-10-5-3-6-11-18)16-23(22)21(24)14-9-15-25-19-12-7-4-8-13-19/h3-8,10-13,20H,9,14-17H2,1-2H3. The number of carbonyl (C=O) groups excluding carboxylic acids is 1. The highest BCUT2D eigenvalue weighted by Gasteiger charge is 2.38. The summed E-state index contributed by atoms with van der Waals surface area (Å²) in [7, 11) is 0. The molecule has 0 radical (unpaired) electrons. The quantitative estimate of drug-likeness (QED) is 0.730. The summed E-state index contributed by atoms with van der Waals surface area (Å²) >= 11 is 0. The number of nitrogens with zero attached hydrogens (tertiary/aromatic N) is 1. The molecule has 3 rings (SSSR count). The lowest BCUT2D eigenvalue weighted by molar-refractivity contribution is -0.155. The van der Waals surface area contributed by atoms with Crippen LogP contribution in [0.25, 0.3) is 0 Å². The molecule has 0 aromatic heterocycles. The predicted octanol–water partition coefficient (Wildman–Crippen LogP) is 4.22. The lowest BCUT2D eigenvalue weighted by Crippen LogP contribution is -2.56. The van der Waals surface area contributed by atoms with Gasteiger partial charge in [-0.15, -0.1) is 0 Å². The molecule has 1 heterocycles. The molecule has 1 atom stereocenters. The lowest BCUT2D eigenvalue weighted by Gasteiger charge is -2.45. The minimum Gasteiger partial charge on any atom is -0.494 e. The molecule has 26 heavy (non-hydrogen) atoms. The number of para-hydroxylation sites is 1. The van der Waals surface area contributed by atoms with E-state index in [9.17, 15) is 4.79 Å². The van der Waals surface area contributed by atoms with Crippen LogP contribution in [-0.2, 0) is 9.53 Å². The van der Waals surface area contributed by atoms with Crippen LogP contribution in [0.15, 0.2) is 60.7 Å². The molecule has 138 valence electrons. The molecule has 2 aromatic rings. The Morgan fingerprint density at radius 3 is 2.46 bits per heavy atom. The van der Waals surface area contributed by atoms with E-state index < -0.39 is 0 Å². The van der Waals surface area contributed by atoms with Crippen molar-refractivity contribution >= 4 is 5.91 Å². The molecule has 1 saturated heterocycles. The number of amides is 1. The third-order valence-electron chi connectivity index (χ3n) is 4.74. The van der Waals surface area contributed by atoms with Crippen molar-refractivity contribution in [1.82, 2.24) is 4.90 Å². The highest BCUT2D eigenvalue weighted by Crippen LogP contribution is 2.30. The van der Waals surface area contributed by atoms with E-state index in [4.69, 9.17) is 9.47 Å². The summed E-state index contributed by atoms with van der Waals surface area (Å²) in [5.74, 6) is 1.01. The molecule has 4 heteroatoms. The van der Waals surface area contributed by atoms with Crippen molar-refractivity contribution in [3.8, 4) is 5.75 Å². The highest BCUT2D eigenvalue weighted by atomic mass is 16.5. The van der Waals surface area contributed by atoms with Gasteiger partial charge >= 0.3 is 0 Å². The highest BCUT2D eigenvalue weighted by molar-refractivity contribution is 5.77. The summed E-state index contributed by atoms with van der Waals surface area (Å²) < 4.78 is 11.7. The summed E-state index contributed by atoms with van der Waals surface area (Å²) in [5.41, 5.74) is 0.830. The van der Waals surface area contributed by atoms with Crippen molar-refractivity contribution in [2.45, 2.75) is 38.3 Å². The van der Waals surface area contributed by atoms with Crippen LogP contribution in [0.5, 0.6) is 5.75 Å². The number of ether oxygens (including phenoxy) is 2. The van der Waals surface area contributed by atoms with Crippen LogP contribution in [0.4, 0.5) is 0 Å². The molecule has 1 fully saturated rings. The zero-order chi connectivity index (χ0) is 18.4. The molecule has 1 aliphatic heterocycles. The zero-order valence-corrected chi connectivity index (χ0v) is 15.6. The fraction of sp³-hybridized carbons (Fsp3) is 0.409. The molecule has 0 bridgehead atoms. The predicted molar refractivity (Wildman–Crippen MR) is 102 cm³/mol. The minimum absolute atomic E-state index is 0.0613. The monoisotopic (exact) mass is 353 g/mol. The second-order valence-corrected chi connectivity index (χ2v) is 7.29. The van der Waals surface area contributed by atoms with E-state index in [1.165, 1.54) is 0 Å². The van der Waals surface area contributed by atoms with Crippen molar-refractivity contribution in [2.75, 3.05) is 19.8 Å². The maximum atomic E-state index is 12.8. The number of carbonyl (C=O) groups is 1. The number of benzene rings is 2. The molecule has 1 unspecified atom stereocenters. The molecular weight excluding hydrogens is 326 g/mol. The van der Waals surface area contributed by atoms with Gasteiger partial charge in [-0.3, -0.25) is 4.79 Å². The first-order valence-electron chi connectivity index (χ1n) is 9.21. The molecule has 1 amide bonds. The first-order chi connectivity index (χ1) is 12.6. The average molecular weight is 353 g/mol. The van der Waals surface area contributed by atoms with Gasteiger partial charge in [-0.1, -0.05) is 48.5 Å². The van der Waals surface area contributed by atoms with Crippen molar-refractivity contribution in [3.05, 3.63) is 66.2 Å². The van der Waals surface area contributed by atoms with Crippen molar-refractivity contribution in [1.29, 1.82) is 0 Å². The van der Waals surface area contributed by atoms with E-state index in [1.807, 2.05) is 53.4 Å². The fourth-order valence-corrected chi connectivity index (χ4v) is 3.22. The Morgan fingerprint density at radius 1 is 1.12 bits per heavy atom. The van der Waals surface area contributed by atoms with E-state index >= 15 is 0 Å². The summed E-state index contributed by atoms with van der Waals surface area (Å²) in [6.45, 7) is 5.80. The molecule has 2 aromatic carbocycles. The van der Waals surface area contributed by atoms with Gasteiger partial charge in [0.15, 0.2) is 0 Å². The Kier molecular flexibility index (Phi) is 5.94. The molecule has 0 aliphatic carbocycles. The maximum Gasteiger partial charge on any atom is 0.223 e. The van der Waals surface area contributed by atoms with Crippen LogP contribution in [0.1, 0.15) is 38.4 Å². The molecular formula is C22H27NO3. The van der Waals surface area contributed by atoms with Crippen LogP contribution < -0.4 is 4.74 Å². The first-order valence-corrected chi connectivity index (χ1v) is 9.21. The zero-order valence-electron chi connectivity index (χ0n) is 15.6. The van der Waals surface area contributed by atoms with Crippen molar-refractivity contribution in [3.63, 3.8) is 0 Å². The fourth-order valence-electron chi connectivity index (χ4n) is 3.22. The van der Waals surface area contributed by atoms with Crippen LogP contribution in [-0.4, -0.2) is 36.1 Å². The largest absolute Gasteiger partial charge is 0.494 e. The van der Waals surface area contributed by atoms with Gasteiger partial charge < -0.3 is 14.4 Å². The SMILES string of the molecule is CC1(C)COC(c2ccccc2)CN1C(=O)CCCOc1ccccc1. The lowest BCUT2D eigenvalue weighted by atomic mass is 9.97. The Balaban J connectivity index is 1.54. The van der Waals surface area contributed by atoms with Crippen molar-refractivity contribution in [2.24, 2.45) is 0 Å². The Morgan fingerprint density at radius 2 is 1.77 bits per heavy atom. The number of morpholine rings is 1. The van der Waals surface area contributed by atoms with Crippen LogP contribution in [0.2, 0.25) is 0 Å². The van der Waals surface area contributed by atoms with Gasteiger partial charge in [0, 0.05) is 6.42 Å². The van der Waals surface area contributed by atoms with Gasteiger partial charge in [0.05, 0.1) is 25.3 Å². The van der Waals surface area contributed by atoms with Crippen LogP contribution in [0, 0.1) is 0 Å². The Bertz CT molecular complexity index is 700. The smallest absolute Gasteiger partial charge is 0.223 e. The maximum absolute atomic E-state index is 12.8. The van der Waals surface area contributed by atoms with E-state index in [2.05, 4.69) is 26.0 Å². The van der Waals surface area contributed by atoms with Gasteiger partial charge in [0.2, 0.25) is 5.91 Å². The summed E-state index contributed by atoms with van der Waals surface area (Å²) in [4.78, 5) is 14.8. The molecule has 1 aliphatic rings. The molecule has 0 N–H and O–H groups in total. The van der Waals surface area contributed by atoms with E-state index in [0.717, 1.165) is 11.3 Å². The van der Waals surface area contributed by atoms with Gasteiger partial charge in [-0.2, -0.15) is 0 Å².